The lowest BCUT2D eigenvalue weighted by atomic mass is 9.94. The number of amides is 1. The minimum absolute atomic E-state index is 0.00621. The largest absolute Gasteiger partial charge is 0.455 e. The van der Waals surface area contributed by atoms with Gasteiger partial charge in [-0.25, -0.2) is 0 Å². The van der Waals surface area contributed by atoms with E-state index in [4.69, 9.17) is 16.0 Å². The van der Waals surface area contributed by atoms with Crippen molar-refractivity contribution in [2.75, 3.05) is 5.32 Å². The van der Waals surface area contributed by atoms with Gasteiger partial charge >= 0.3 is 6.18 Å². The normalized spacial score (nSPS) is 15.4. The molecule has 1 aromatic heterocycles. The van der Waals surface area contributed by atoms with Gasteiger partial charge in [-0.05, 0) is 25.5 Å². The fourth-order valence-electron chi connectivity index (χ4n) is 2.90. The Balaban J connectivity index is 1.85. The first-order chi connectivity index (χ1) is 12.7. The van der Waals surface area contributed by atoms with Gasteiger partial charge in [-0.1, -0.05) is 23.9 Å². The number of ketones is 1. The van der Waals surface area contributed by atoms with Gasteiger partial charge < -0.3 is 9.73 Å². The quantitative estimate of drug-likeness (QED) is 0.521. The second kappa shape index (κ2) is 7.59. The number of furan rings is 1. The number of halogens is 4. The monoisotopic (exact) mass is 417 g/mol. The second-order valence-corrected chi connectivity index (χ2v) is 7.90. The van der Waals surface area contributed by atoms with Gasteiger partial charge in [-0.3, -0.25) is 9.59 Å². The van der Waals surface area contributed by atoms with E-state index in [0.717, 1.165) is 0 Å². The third-order valence-electron chi connectivity index (χ3n) is 4.14. The molecule has 1 unspecified atom stereocenters. The molecule has 0 bridgehead atoms. The molecule has 4 nitrogen and oxygen atoms in total. The van der Waals surface area contributed by atoms with E-state index in [1.807, 2.05) is 0 Å². The van der Waals surface area contributed by atoms with Crippen LogP contribution in [0.25, 0.3) is 0 Å². The highest BCUT2D eigenvalue weighted by Crippen LogP contribution is 2.40. The van der Waals surface area contributed by atoms with E-state index in [1.54, 1.807) is 19.1 Å². The smallest absolute Gasteiger partial charge is 0.414 e. The van der Waals surface area contributed by atoms with Crippen molar-refractivity contribution in [3.05, 3.63) is 46.9 Å². The van der Waals surface area contributed by atoms with Gasteiger partial charge in [0.2, 0.25) is 0 Å². The SMILES string of the molecule is Cc1c(C(=O)Nc2ccccc2SC(Cl)C(F)(F)F)oc2c1C(=O)CCC2. The van der Waals surface area contributed by atoms with E-state index in [9.17, 15) is 22.8 Å². The summed E-state index contributed by atoms with van der Waals surface area (Å²) in [7, 11) is 0. The number of Topliss-reactive ketones (excluding diaryl/α,β-unsaturated/α-hetero) is 1. The Bertz CT molecular complexity index is 894. The van der Waals surface area contributed by atoms with Crippen molar-refractivity contribution < 1.29 is 27.2 Å². The molecular weight excluding hydrogens is 403 g/mol. The van der Waals surface area contributed by atoms with Gasteiger partial charge in [-0.2, -0.15) is 13.2 Å². The fourth-order valence-corrected chi connectivity index (χ4v) is 3.94. The highest BCUT2D eigenvalue weighted by atomic mass is 35.5. The van der Waals surface area contributed by atoms with Crippen molar-refractivity contribution in [2.45, 2.75) is 42.0 Å². The Labute approximate surface area is 162 Å². The molecule has 0 saturated heterocycles. The maximum atomic E-state index is 12.7. The number of hydrogen-bond acceptors (Lipinski definition) is 4. The number of carbonyl (C=O) groups excluding carboxylic acids is 2. The van der Waals surface area contributed by atoms with Gasteiger partial charge in [0, 0.05) is 23.3 Å². The first kappa shape index (κ1) is 19.8. The van der Waals surface area contributed by atoms with E-state index in [0.29, 0.717) is 47.9 Å². The van der Waals surface area contributed by atoms with Gasteiger partial charge in [0.1, 0.15) is 5.76 Å². The molecule has 9 heteroatoms. The number of rotatable bonds is 4. The lowest BCUT2D eigenvalue weighted by Crippen LogP contribution is -2.20. The average Bonchev–Trinajstić information content (AvgIpc) is 2.94. The predicted octanol–water partition coefficient (Wildman–Crippen LogP) is 5.58. The number of benzene rings is 1. The molecule has 27 heavy (non-hydrogen) atoms. The van der Waals surface area contributed by atoms with Gasteiger partial charge in [-0.15, -0.1) is 11.6 Å². The number of para-hydroxylation sites is 1. The number of nitrogens with one attached hydrogen (secondary N) is 1. The van der Waals surface area contributed by atoms with Crippen LogP contribution in [0.2, 0.25) is 0 Å². The lowest BCUT2D eigenvalue weighted by molar-refractivity contribution is -0.113. The van der Waals surface area contributed by atoms with Gasteiger partial charge in [0.05, 0.1) is 11.3 Å². The Kier molecular flexibility index (Phi) is 5.58. The molecule has 1 aliphatic carbocycles. The van der Waals surface area contributed by atoms with E-state index < -0.39 is 16.8 Å². The van der Waals surface area contributed by atoms with Crippen LogP contribution >= 0.6 is 23.4 Å². The second-order valence-electron chi connectivity index (χ2n) is 6.06. The highest BCUT2D eigenvalue weighted by molar-refractivity contribution is 8.01. The Morgan fingerprint density at radius 3 is 2.67 bits per heavy atom. The van der Waals surface area contributed by atoms with E-state index in [1.165, 1.54) is 12.1 Å². The first-order valence-electron chi connectivity index (χ1n) is 8.11. The molecule has 144 valence electrons. The van der Waals surface area contributed by atoms with E-state index in [-0.39, 0.29) is 22.1 Å². The van der Waals surface area contributed by atoms with Crippen molar-refractivity contribution >= 4 is 40.7 Å². The van der Waals surface area contributed by atoms with Crippen LogP contribution in [0, 0.1) is 6.92 Å². The van der Waals surface area contributed by atoms with E-state index >= 15 is 0 Å². The summed E-state index contributed by atoms with van der Waals surface area (Å²) in [6.07, 6.45) is -2.95. The molecule has 0 aliphatic heterocycles. The zero-order valence-corrected chi connectivity index (χ0v) is 15.7. The summed E-state index contributed by atoms with van der Waals surface area (Å²) < 4.78 is 41.6. The number of aryl methyl sites for hydroxylation is 1. The minimum Gasteiger partial charge on any atom is -0.455 e. The summed E-state index contributed by atoms with van der Waals surface area (Å²) in [5, 5.41) is 2.56. The molecule has 1 aromatic carbocycles. The summed E-state index contributed by atoms with van der Waals surface area (Å²) in [5.41, 5.74) is 1.07. The summed E-state index contributed by atoms with van der Waals surface area (Å²) in [6.45, 7) is 1.62. The van der Waals surface area contributed by atoms with Crippen LogP contribution in [-0.4, -0.2) is 22.6 Å². The van der Waals surface area contributed by atoms with Crippen molar-refractivity contribution in [1.29, 1.82) is 0 Å². The maximum absolute atomic E-state index is 12.7. The first-order valence-corrected chi connectivity index (χ1v) is 9.43. The molecule has 0 saturated carbocycles. The molecule has 0 radical (unpaired) electrons. The van der Waals surface area contributed by atoms with Crippen LogP contribution in [0.5, 0.6) is 0 Å². The van der Waals surface area contributed by atoms with Crippen molar-refractivity contribution in [1.82, 2.24) is 0 Å². The molecule has 1 aliphatic rings. The molecule has 1 N–H and O–H groups in total. The summed E-state index contributed by atoms with van der Waals surface area (Å²) in [5.74, 6) is -0.216. The van der Waals surface area contributed by atoms with E-state index in [2.05, 4.69) is 5.32 Å². The van der Waals surface area contributed by atoms with Crippen molar-refractivity contribution in [3.63, 3.8) is 0 Å². The molecule has 1 amide bonds. The van der Waals surface area contributed by atoms with Crippen molar-refractivity contribution in [2.24, 2.45) is 0 Å². The highest BCUT2D eigenvalue weighted by Gasteiger charge is 2.39. The lowest BCUT2D eigenvalue weighted by Gasteiger charge is -2.15. The number of carbonyl (C=O) groups is 2. The minimum atomic E-state index is -4.58. The average molecular weight is 418 g/mol. The molecule has 2 aromatic rings. The number of fused-ring (bicyclic) bond motifs is 1. The van der Waals surface area contributed by atoms with Crippen LogP contribution in [0.3, 0.4) is 0 Å². The van der Waals surface area contributed by atoms with Crippen LogP contribution in [0.1, 0.15) is 45.1 Å². The summed E-state index contributed by atoms with van der Waals surface area (Å²) in [4.78, 5) is 24.8. The van der Waals surface area contributed by atoms with Crippen LogP contribution in [0.15, 0.2) is 33.6 Å². The molecule has 1 atom stereocenters. The molecule has 3 rings (SSSR count). The number of thioether (sulfide) groups is 1. The number of hydrogen-bond donors (Lipinski definition) is 1. The zero-order chi connectivity index (χ0) is 19.8. The number of alkyl halides is 4. The third kappa shape index (κ3) is 4.16. The summed E-state index contributed by atoms with van der Waals surface area (Å²) >= 11 is 5.78. The Hall–Kier alpha value is -1.93. The van der Waals surface area contributed by atoms with Crippen molar-refractivity contribution in [3.8, 4) is 0 Å². The Morgan fingerprint density at radius 2 is 2.00 bits per heavy atom. The summed E-state index contributed by atoms with van der Waals surface area (Å²) in [6, 6.07) is 6.04. The molecule has 0 spiro atoms. The fraction of sp³-hybridized carbons (Fsp3) is 0.333. The van der Waals surface area contributed by atoms with Gasteiger partial charge in [0.25, 0.3) is 5.91 Å². The number of anilines is 1. The molecule has 1 heterocycles. The van der Waals surface area contributed by atoms with Gasteiger partial charge in [0.15, 0.2) is 16.3 Å². The zero-order valence-electron chi connectivity index (χ0n) is 14.2. The molecular formula is C18H15ClF3NO3S. The topological polar surface area (TPSA) is 59.3 Å². The van der Waals surface area contributed by atoms with Crippen LogP contribution < -0.4 is 5.32 Å². The van der Waals surface area contributed by atoms with Crippen LogP contribution in [-0.2, 0) is 6.42 Å². The third-order valence-corrected chi connectivity index (χ3v) is 5.73. The predicted molar refractivity (Wildman–Crippen MR) is 96.7 cm³/mol. The Morgan fingerprint density at radius 1 is 1.30 bits per heavy atom. The standard InChI is InChI=1S/C18H15ClF3NO3S/c1-9-14-11(24)6-4-7-12(14)26-15(9)16(25)23-10-5-2-3-8-13(10)27-17(19)18(20,21)22/h2-3,5,8,17H,4,6-7H2,1H3,(H,23,25). The maximum Gasteiger partial charge on any atom is 0.414 e. The molecule has 0 fully saturated rings. The van der Waals surface area contributed by atoms with Crippen LogP contribution in [0.4, 0.5) is 18.9 Å².